The van der Waals surface area contributed by atoms with Gasteiger partial charge < -0.3 is 20.6 Å². The molecule has 0 aromatic rings. The van der Waals surface area contributed by atoms with Gasteiger partial charge in [0.1, 0.15) is 0 Å². The number of carbonyl (C=O) groups is 1. The van der Waals surface area contributed by atoms with Crippen LogP contribution in [0.1, 0.15) is 284 Å². The second-order valence-electron chi connectivity index (χ2n) is 18.1. The first-order chi connectivity index (χ1) is 28.5. The van der Waals surface area contributed by atoms with Crippen LogP contribution in [0.2, 0.25) is 0 Å². The SMILES string of the molecule is CCCCCCCCCCC/C=C\C/C=C\CCCCCCCCCCCCCCCCCC(O)CC(=O)NC(CO)C(O)CCCCCCCCCCCCCC. The minimum atomic E-state index is -0.746. The van der Waals surface area contributed by atoms with Gasteiger partial charge in [-0.1, -0.05) is 256 Å². The van der Waals surface area contributed by atoms with Gasteiger partial charge in [0, 0.05) is 0 Å². The van der Waals surface area contributed by atoms with E-state index in [0.717, 1.165) is 32.1 Å². The highest BCUT2D eigenvalue weighted by atomic mass is 16.3. The van der Waals surface area contributed by atoms with E-state index in [1.54, 1.807) is 0 Å². The third-order valence-electron chi connectivity index (χ3n) is 12.3. The molecule has 3 atom stereocenters. The number of aliphatic hydroxyl groups excluding tert-OH is 3. The van der Waals surface area contributed by atoms with Gasteiger partial charge in [0.15, 0.2) is 0 Å². The van der Waals surface area contributed by atoms with Gasteiger partial charge in [0.25, 0.3) is 0 Å². The summed E-state index contributed by atoms with van der Waals surface area (Å²) in [5, 5.41) is 33.4. The predicted octanol–water partition coefficient (Wildman–Crippen LogP) is 15.7. The summed E-state index contributed by atoms with van der Waals surface area (Å²) in [7, 11) is 0. The van der Waals surface area contributed by atoms with Crippen LogP contribution in [-0.2, 0) is 4.79 Å². The Labute approximate surface area is 362 Å². The van der Waals surface area contributed by atoms with Crippen molar-refractivity contribution >= 4 is 5.91 Å². The highest BCUT2D eigenvalue weighted by Crippen LogP contribution is 2.17. The Hall–Kier alpha value is -1.17. The number of allylic oxidation sites excluding steroid dienone is 4. The standard InChI is InChI=1S/C53H103NO4/c1-3-5-7-9-11-13-15-17-18-19-20-21-22-23-24-25-26-27-28-29-30-31-32-33-34-35-36-38-40-42-44-46-50(56)48-53(58)54-51(49-55)52(57)47-45-43-41-39-37-16-14-12-10-8-6-4-2/h20-21,23-24,50-52,55-57H,3-19,22,25-49H2,1-2H3,(H,54,58)/b21-20-,24-23-. The van der Waals surface area contributed by atoms with Crippen molar-refractivity contribution in [2.45, 2.75) is 302 Å². The molecule has 0 rings (SSSR count). The number of amides is 1. The minimum Gasteiger partial charge on any atom is -0.394 e. The maximum Gasteiger partial charge on any atom is 0.222 e. The molecule has 344 valence electrons. The molecular formula is C53H103NO4. The third-order valence-corrected chi connectivity index (χ3v) is 12.3. The van der Waals surface area contributed by atoms with Crippen LogP contribution in [0, 0.1) is 0 Å². The summed E-state index contributed by atoms with van der Waals surface area (Å²) in [6.07, 6.45) is 60.4. The van der Waals surface area contributed by atoms with Crippen molar-refractivity contribution < 1.29 is 20.1 Å². The van der Waals surface area contributed by atoms with Crippen molar-refractivity contribution in [1.29, 1.82) is 0 Å². The Balaban J connectivity index is 3.49. The molecule has 0 heterocycles. The van der Waals surface area contributed by atoms with E-state index in [0.29, 0.717) is 12.8 Å². The third kappa shape index (κ3) is 44.4. The number of hydrogen-bond acceptors (Lipinski definition) is 4. The zero-order valence-corrected chi connectivity index (χ0v) is 39.2. The molecule has 58 heavy (non-hydrogen) atoms. The molecule has 3 unspecified atom stereocenters. The number of rotatable bonds is 48. The lowest BCUT2D eigenvalue weighted by molar-refractivity contribution is -0.125. The van der Waals surface area contributed by atoms with Crippen molar-refractivity contribution in [2.24, 2.45) is 0 Å². The number of unbranched alkanes of at least 4 members (excludes halogenated alkanes) is 35. The fourth-order valence-corrected chi connectivity index (χ4v) is 8.26. The minimum absolute atomic E-state index is 0.0389. The van der Waals surface area contributed by atoms with E-state index in [4.69, 9.17) is 0 Å². The monoisotopic (exact) mass is 818 g/mol. The van der Waals surface area contributed by atoms with Crippen molar-refractivity contribution in [3.8, 4) is 0 Å². The van der Waals surface area contributed by atoms with Crippen LogP contribution in [0.15, 0.2) is 24.3 Å². The molecule has 0 aliphatic rings. The van der Waals surface area contributed by atoms with Gasteiger partial charge in [0.05, 0.1) is 31.3 Å². The van der Waals surface area contributed by atoms with E-state index in [2.05, 4.69) is 43.5 Å². The van der Waals surface area contributed by atoms with Gasteiger partial charge in [-0.05, 0) is 44.9 Å². The summed E-state index contributed by atoms with van der Waals surface area (Å²) >= 11 is 0. The maximum atomic E-state index is 12.5. The molecule has 0 saturated heterocycles. The smallest absolute Gasteiger partial charge is 0.222 e. The van der Waals surface area contributed by atoms with Gasteiger partial charge in [-0.25, -0.2) is 0 Å². The Morgan fingerprint density at radius 2 is 0.741 bits per heavy atom. The second kappa shape index (κ2) is 48.5. The van der Waals surface area contributed by atoms with Crippen LogP contribution in [0.3, 0.4) is 0 Å². The first-order valence-corrected chi connectivity index (χ1v) is 26.1. The first-order valence-electron chi connectivity index (χ1n) is 26.1. The van der Waals surface area contributed by atoms with Gasteiger partial charge in [-0.3, -0.25) is 4.79 Å². The molecule has 0 saturated carbocycles. The van der Waals surface area contributed by atoms with E-state index in [9.17, 15) is 20.1 Å². The van der Waals surface area contributed by atoms with Gasteiger partial charge >= 0.3 is 0 Å². The number of aliphatic hydroxyl groups is 3. The molecule has 0 aliphatic heterocycles. The Bertz CT molecular complexity index is 859. The number of hydrogen-bond donors (Lipinski definition) is 4. The molecule has 1 amide bonds. The zero-order valence-electron chi connectivity index (χ0n) is 39.2. The van der Waals surface area contributed by atoms with Crippen LogP contribution in [-0.4, -0.2) is 46.1 Å². The maximum absolute atomic E-state index is 12.5. The van der Waals surface area contributed by atoms with Crippen molar-refractivity contribution in [2.75, 3.05) is 6.61 Å². The lowest BCUT2D eigenvalue weighted by Crippen LogP contribution is -2.46. The van der Waals surface area contributed by atoms with E-state index >= 15 is 0 Å². The van der Waals surface area contributed by atoms with Crippen molar-refractivity contribution in [3.63, 3.8) is 0 Å². The average molecular weight is 818 g/mol. The van der Waals surface area contributed by atoms with E-state index in [1.165, 1.54) is 218 Å². The van der Waals surface area contributed by atoms with Gasteiger partial charge in [-0.2, -0.15) is 0 Å². The molecule has 0 radical (unpaired) electrons. The highest BCUT2D eigenvalue weighted by Gasteiger charge is 2.21. The molecule has 0 spiro atoms. The highest BCUT2D eigenvalue weighted by molar-refractivity contribution is 5.76. The zero-order chi connectivity index (χ0) is 42.3. The summed E-state index contributed by atoms with van der Waals surface area (Å²) in [6.45, 7) is 4.27. The van der Waals surface area contributed by atoms with Crippen LogP contribution >= 0.6 is 0 Å². The van der Waals surface area contributed by atoms with E-state index < -0.39 is 18.2 Å². The fraction of sp³-hybridized carbons (Fsp3) is 0.906. The lowest BCUT2D eigenvalue weighted by Gasteiger charge is -2.23. The molecule has 5 heteroatoms. The molecule has 0 bridgehead atoms. The van der Waals surface area contributed by atoms with Crippen LogP contribution < -0.4 is 5.32 Å². The summed E-state index contributed by atoms with van der Waals surface area (Å²) in [5.41, 5.74) is 0. The molecular weight excluding hydrogens is 715 g/mol. The van der Waals surface area contributed by atoms with E-state index in [1.807, 2.05) is 0 Å². The predicted molar refractivity (Wildman–Crippen MR) is 255 cm³/mol. The Kier molecular flexibility index (Phi) is 47.5. The second-order valence-corrected chi connectivity index (χ2v) is 18.1. The molecule has 0 aromatic carbocycles. The largest absolute Gasteiger partial charge is 0.394 e. The Morgan fingerprint density at radius 1 is 0.431 bits per heavy atom. The summed E-state index contributed by atoms with van der Waals surface area (Å²) in [5.74, 6) is -0.281. The topological polar surface area (TPSA) is 89.8 Å². The molecule has 5 nitrogen and oxygen atoms in total. The number of nitrogens with one attached hydrogen (secondary N) is 1. The van der Waals surface area contributed by atoms with Crippen LogP contribution in [0.5, 0.6) is 0 Å². The summed E-state index contributed by atoms with van der Waals surface area (Å²) in [4.78, 5) is 12.5. The van der Waals surface area contributed by atoms with E-state index in [-0.39, 0.29) is 18.9 Å². The van der Waals surface area contributed by atoms with Crippen LogP contribution in [0.4, 0.5) is 0 Å². The summed E-state index contributed by atoms with van der Waals surface area (Å²) < 4.78 is 0. The molecule has 0 aliphatic carbocycles. The average Bonchev–Trinajstić information content (AvgIpc) is 3.22. The molecule has 4 N–H and O–H groups in total. The Morgan fingerprint density at radius 3 is 1.09 bits per heavy atom. The molecule has 0 fully saturated rings. The normalized spacial score (nSPS) is 13.5. The van der Waals surface area contributed by atoms with Gasteiger partial charge in [-0.15, -0.1) is 0 Å². The fourth-order valence-electron chi connectivity index (χ4n) is 8.26. The quantitative estimate of drug-likeness (QED) is 0.0364. The summed E-state index contributed by atoms with van der Waals surface area (Å²) in [6, 6.07) is -0.655. The number of carbonyl (C=O) groups excluding carboxylic acids is 1. The van der Waals surface area contributed by atoms with Crippen LogP contribution in [0.25, 0.3) is 0 Å². The van der Waals surface area contributed by atoms with Crippen molar-refractivity contribution in [1.82, 2.24) is 5.32 Å². The lowest BCUT2D eigenvalue weighted by atomic mass is 10.0. The van der Waals surface area contributed by atoms with Crippen molar-refractivity contribution in [3.05, 3.63) is 24.3 Å². The first kappa shape index (κ1) is 56.8. The molecule has 0 aromatic heterocycles. The van der Waals surface area contributed by atoms with Gasteiger partial charge in [0.2, 0.25) is 5.91 Å².